The molecule has 0 radical (unpaired) electrons. The Bertz CT molecular complexity index is 706. The summed E-state index contributed by atoms with van der Waals surface area (Å²) in [5.41, 5.74) is 1.27. The number of para-hydroxylation sites is 1. The minimum absolute atomic E-state index is 0.261. The minimum Gasteiger partial charge on any atom is -0.457 e. The van der Waals surface area contributed by atoms with Crippen molar-refractivity contribution in [2.24, 2.45) is 0 Å². The smallest absolute Gasteiger partial charge is 0.127 e. The number of fused-ring (bicyclic) bond motifs is 1. The average molecular weight is 352 g/mol. The maximum atomic E-state index is 9.49. The Morgan fingerprint density at radius 3 is 2.69 bits per heavy atom. The standard InChI is InChI=1S/C22H28N2O2/c25-13-11-20-16-23-12-5-7-19(23)17-24(20)15-18-6-4-10-22(14-18)26-21-8-2-1-3-9-21/h1-4,6,8-10,14,19-20,25H,5,7,11-13,15-17H2/t19?,20-/m0/s1. The maximum absolute atomic E-state index is 9.49. The van der Waals surface area contributed by atoms with Crippen LogP contribution in [0, 0.1) is 0 Å². The fraction of sp³-hybridized carbons (Fsp3) is 0.455. The lowest BCUT2D eigenvalue weighted by molar-refractivity contribution is 0.0333. The van der Waals surface area contributed by atoms with Crippen LogP contribution in [-0.4, -0.2) is 53.2 Å². The molecule has 1 unspecified atom stereocenters. The van der Waals surface area contributed by atoms with Crippen LogP contribution in [-0.2, 0) is 6.54 Å². The molecule has 2 atom stereocenters. The molecule has 1 N–H and O–H groups in total. The fourth-order valence-electron chi connectivity index (χ4n) is 4.33. The molecule has 2 saturated heterocycles. The third-order valence-electron chi connectivity index (χ3n) is 5.63. The van der Waals surface area contributed by atoms with Crippen LogP contribution in [0.4, 0.5) is 0 Å². The van der Waals surface area contributed by atoms with Crippen LogP contribution in [0.25, 0.3) is 0 Å². The summed E-state index contributed by atoms with van der Waals surface area (Å²) in [6, 6.07) is 19.4. The number of aliphatic hydroxyl groups is 1. The number of hydrogen-bond donors (Lipinski definition) is 1. The van der Waals surface area contributed by atoms with E-state index in [0.717, 1.165) is 37.6 Å². The van der Waals surface area contributed by atoms with Crippen molar-refractivity contribution in [1.82, 2.24) is 9.80 Å². The number of ether oxygens (including phenoxy) is 1. The normalized spacial score (nSPS) is 23.7. The summed E-state index contributed by atoms with van der Waals surface area (Å²) in [5.74, 6) is 1.74. The van der Waals surface area contributed by atoms with Crippen LogP contribution in [0.5, 0.6) is 11.5 Å². The second kappa shape index (κ2) is 8.21. The van der Waals surface area contributed by atoms with Gasteiger partial charge in [-0.2, -0.15) is 0 Å². The molecule has 138 valence electrons. The summed E-state index contributed by atoms with van der Waals surface area (Å²) in [4.78, 5) is 5.18. The van der Waals surface area contributed by atoms with Crippen LogP contribution in [0.3, 0.4) is 0 Å². The van der Waals surface area contributed by atoms with E-state index in [9.17, 15) is 5.11 Å². The van der Waals surface area contributed by atoms with Crippen molar-refractivity contribution in [2.75, 3.05) is 26.2 Å². The van der Waals surface area contributed by atoms with Gasteiger partial charge < -0.3 is 9.84 Å². The molecule has 0 bridgehead atoms. The molecule has 4 nitrogen and oxygen atoms in total. The molecule has 2 heterocycles. The van der Waals surface area contributed by atoms with Gasteiger partial charge in [-0.25, -0.2) is 0 Å². The quantitative estimate of drug-likeness (QED) is 0.863. The van der Waals surface area contributed by atoms with Crippen molar-refractivity contribution in [2.45, 2.75) is 37.9 Å². The molecule has 2 fully saturated rings. The Morgan fingerprint density at radius 1 is 1.00 bits per heavy atom. The highest BCUT2D eigenvalue weighted by Crippen LogP contribution is 2.28. The van der Waals surface area contributed by atoms with E-state index in [-0.39, 0.29) is 6.61 Å². The molecule has 0 aliphatic carbocycles. The van der Waals surface area contributed by atoms with Gasteiger partial charge in [0.05, 0.1) is 0 Å². The predicted octanol–water partition coefficient (Wildman–Crippen LogP) is 3.51. The zero-order valence-electron chi connectivity index (χ0n) is 15.3. The molecule has 4 heteroatoms. The van der Waals surface area contributed by atoms with Crippen molar-refractivity contribution in [1.29, 1.82) is 0 Å². The lowest BCUT2D eigenvalue weighted by Gasteiger charge is -2.43. The molecule has 2 aliphatic heterocycles. The van der Waals surface area contributed by atoms with E-state index in [1.807, 2.05) is 36.4 Å². The number of aliphatic hydroxyl groups excluding tert-OH is 1. The van der Waals surface area contributed by atoms with Crippen molar-refractivity contribution >= 4 is 0 Å². The summed E-state index contributed by atoms with van der Waals surface area (Å²) in [5, 5.41) is 9.49. The molecule has 0 spiro atoms. The Balaban J connectivity index is 1.46. The van der Waals surface area contributed by atoms with E-state index < -0.39 is 0 Å². The Morgan fingerprint density at radius 2 is 1.85 bits per heavy atom. The van der Waals surface area contributed by atoms with Crippen LogP contribution >= 0.6 is 0 Å². The summed E-state index contributed by atoms with van der Waals surface area (Å²) in [6.45, 7) is 4.60. The molecule has 2 aliphatic rings. The van der Waals surface area contributed by atoms with Gasteiger partial charge in [-0.05, 0) is 55.6 Å². The first-order valence-electron chi connectivity index (χ1n) is 9.72. The Hall–Kier alpha value is -1.88. The molecule has 2 aromatic rings. The van der Waals surface area contributed by atoms with E-state index in [2.05, 4.69) is 28.0 Å². The van der Waals surface area contributed by atoms with Gasteiger partial charge in [0.1, 0.15) is 11.5 Å². The average Bonchev–Trinajstić information content (AvgIpc) is 3.11. The number of piperazine rings is 1. The largest absolute Gasteiger partial charge is 0.457 e. The summed E-state index contributed by atoms with van der Waals surface area (Å²) >= 11 is 0. The maximum Gasteiger partial charge on any atom is 0.127 e. The van der Waals surface area contributed by atoms with E-state index >= 15 is 0 Å². The molecular formula is C22H28N2O2. The molecule has 0 aromatic heterocycles. The highest BCUT2D eigenvalue weighted by atomic mass is 16.5. The molecule has 0 amide bonds. The van der Waals surface area contributed by atoms with Crippen molar-refractivity contribution in [3.05, 3.63) is 60.2 Å². The van der Waals surface area contributed by atoms with Crippen LogP contribution < -0.4 is 4.74 Å². The molecule has 0 saturated carbocycles. The number of rotatable bonds is 6. The number of benzene rings is 2. The van der Waals surface area contributed by atoms with Gasteiger partial charge in [-0.3, -0.25) is 9.80 Å². The van der Waals surface area contributed by atoms with Gasteiger partial charge in [-0.1, -0.05) is 30.3 Å². The molecule has 2 aromatic carbocycles. The SMILES string of the molecule is OCC[C@H]1CN2CCCC2CN1Cc1cccc(Oc2ccccc2)c1. The molecule has 26 heavy (non-hydrogen) atoms. The summed E-state index contributed by atoms with van der Waals surface area (Å²) in [6.07, 6.45) is 3.47. The predicted molar refractivity (Wildman–Crippen MR) is 103 cm³/mol. The van der Waals surface area contributed by atoms with Crippen molar-refractivity contribution in [3.63, 3.8) is 0 Å². The van der Waals surface area contributed by atoms with Gasteiger partial charge in [0.15, 0.2) is 0 Å². The Kier molecular flexibility index (Phi) is 5.54. The summed E-state index contributed by atoms with van der Waals surface area (Å²) < 4.78 is 5.99. The number of hydrogen-bond acceptors (Lipinski definition) is 4. The second-order valence-corrected chi connectivity index (χ2v) is 7.45. The zero-order valence-corrected chi connectivity index (χ0v) is 15.3. The lowest BCUT2D eigenvalue weighted by Crippen LogP contribution is -2.55. The minimum atomic E-state index is 0.261. The van der Waals surface area contributed by atoms with Crippen molar-refractivity contribution in [3.8, 4) is 11.5 Å². The zero-order chi connectivity index (χ0) is 17.8. The molecule has 4 rings (SSSR count). The first-order chi connectivity index (χ1) is 12.8. The highest BCUT2D eigenvalue weighted by Gasteiger charge is 2.35. The van der Waals surface area contributed by atoms with Crippen LogP contribution in [0.1, 0.15) is 24.8 Å². The Labute approximate surface area is 156 Å². The van der Waals surface area contributed by atoms with Gasteiger partial charge in [0, 0.05) is 38.3 Å². The van der Waals surface area contributed by atoms with Crippen molar-refractivity contribution < 1.29 is 9.84 Å². The van der Waals surface area contributed by atoms with Gasteiger partial charge in [-0.15, -0.1) is 0 Å². The monoisotopic (exact) mass is 352 g/mol. The van der Waals surface area contributed by atoms with Crippen LogP contribution in [0.15, 0.2) is 54.6 Å². The fourth-order valence-corrected chi connectivity index (χ4v) is 4.33. The van der Waals surface area contributed by atoms with Gasteiger partial charge in [0.25, 0.3) is 0 Å². The third-order valence-corrected chi connectivity index (χ3v) is 5.63. The van der Waals surface area contributed by atoms with E-state index in [4.69, 9.17) is 4.74 Å². The first-order valence-corrected chi connectivity index (χ1v) is 9.72. The van der Waals surface area contributed by atoms with Gasteiger partial charge >= 0.3 is 0 Å². The summed E-state index contributed by atoms with van der Waals surface area (Å²) in [7, 11) is 0. The first kappa shape index (κ1) is 17.5. The van der Waals surface area contributed by atoms with E-state index in [1.54, 1.807) is 0 Å². The van der Waals surface area contributed by atoms with E-state index in [1.165, 1.54) is 24.9 Å². The lowest BCUT2D eigenvalue weighted by atomic mass is 10.0. The van der Waals surface area contributed by atoms with E-state index in [0.29, 0.717) is 12.1 Å². The second-order valence-electron chi connectivity index (χ2n) is 7.45. The van der Waals surface area contributed by atoms with Gasteiger partial charge in [0.2, 0.25) is 0 Å². The topological polar surface area (TPSA) is 35.9 Å². The van der Waals surface area contributed by atoms with Crippen LogP contribution in [0.2, 0.25) is 0 Å². The highest BCUT2D eigenvalue weighted by molar-refractivity contribution is 5.33. The number of nitrogens with zero attached hydrogens (tertiary/aromatic N) is 2. The third kappa shape index (κ3) is 4.09. The molecular weight excluding hydrogens is 324 g/mol.